The van der Waals surface area contributed by atoms with Crippen LogP contribution in [0.15, 0.2) is 48.5 Å². The van der Waals surface area contributed by atoms with Gasteiger partial charge in [-0.1, -0.05) is 62.1 Å². The number of hydrogen-bond acceptors (Lipinski definition) is 4. The summed E-state index contributed by atoms with van der Waals surface area (Å²) in [6.45, 7) is 2.64. The van der Waals surface area contributed by atoms with Crippen molar-refractivity contribution in [2.24, 2.45) is 0 Å². The van der Waals surface area contributed by atoms with Gasteiger partial charge in [0, 0.05) is 13.1 Å². The largest absolute Gasteiger partial charge is 0.497 e. The molecular weight excluding hydrogens is 362 g/mol. The Bertz CT molecular complexity index is 649. The number of nitrogens with zero attached hydrogens (tertiary/aromatic N) is 1. The summed E-state index contributed by atoms with van der Waals surface area (Å²) in [6, 6.07) is 17.1. The number of hydrogen-bond donors (Lipinski definition) is 2. The van der Waals surface area contributed by atoms with E-state index in [4.69, 9.17) is 14.9 Å². The lowest BCUT2D eigenvalue weighted by atomic mass is 10.0. The van der Waals surface area contributed by atoms with E-state index in [0.717, 1.165) is 25.1 Å². The Balaban J connectivity index is 1.58. The van der Waals surface area contributed by atoms with Crippen LogP contribution in [0.4, 0.5) is 0 Å². The van der Waals surface area contributed by atoms with E-state index < -0.39 is 0 Å². The van der Waals surface area contributed by atoms with E-state index in [1.807, 2.05) is 12.1 Å². The molecule has 0 aliphatic heterocycles. The summed E-state index contributed by atoms with van der Waals surface area (Å²) in [5.41, 5.74) is 3.87. The summed E-state index contributed by atoms with van der Waals surface area (Å²) in [5, 5.41) is 18.0. The number of methoxy groups -OCH3 is 1. The highest BCUT2D eigenvalue weighted by Gasteiger charge is 2.03. The minimum Gasteiger partial charge on any atom is -0.497 e. The van der Waals surface area contributed by atoms with Gasteiger partial charge in [-0.05, 0) is 54.6 Å². The minimum atomic E-state index is 0.168. The Morgan fingerprint density at radius 1 is 0.655 bits per heavy atom. The number of aryl methyl sites for hydroxylation is 1. The zero-order valence-corrected chi connectivity index (χ0v) is 17.9. The molecule has 0 bridgehead atoms. The topological polar surface area (TPSA) is 52.9 Å². The zero-order chi connectivity index (χ0) is 20.7. The van der Waals surface area contributed by atoms with Crippen LogP contribution in [0.5, 0.6) is 5.75 Å². The molecule has 0 heterocycles. The minimum absolute atomic E-state index is 0.168. The van der Waals surface area contributed by atoms with E-state index in [2.05, 4.69) is 41.3 Å². The number of aliphatic hydroxyl groups excluding tert-OH is 2. The predicted octanol–water partition coefficient (Wildman–Crippen LogP) is 4.53. The normalized spacial score (nSPS) is 11.2. The molecule has 0 aliphatic carbocycles. The molecule has 2 aromatic rings. The highest BCUT2D eigenvalue weighted by molar-refractivity contribution is 5.64. The third kappa shape index (κ3) is 8.99. The van der Waals surface area contributed by atoms with Crippen molar-refractivity contribution in [3.8, 4) is 16.9 Å². The summed E-state index contributed by atoms with van der Waals surface area (Å²) in [6.07, 6.45) is 8.58. The average molecular weight is 400 g/mol. The number of rotatable bonds is 15. The predicted molar refractivity (Wildman–Crippen MR) is 120 cm³/mol. The first-order valence-electron chi connectivity index (χ1n) is 10.9. The fraction of sp³-hybridized carbons (Fsp3) is 0.520. The molecule has 4 nitrogen and oxygen atoms in total. The van der Waals surface area contributed by atoms with Crippen molar-refractivity contribution in [1.29, 1.82) is 0 Å². The number of aliphatic hydroxyl groups is 2. The molecule has 4 heteroatoms. The van der Waals surface area contributed by atoms with Crippen LogP contribution in [-0.4, -0.2) is 55.1 Å². The van der Waals surface area contributed by atoms with E-state index in [1.54, 1.807) is 7.11 Å². The molecule has 0 spiro atoms. The second-order valence-corrected chi connectivity index (χ2v) is 7.59. The van der Waals surface area contributed by atoms with Gasteiger partial charge in [-0.3, -0.25) is 4.90 Å². The van der Waals surface area contributed by atoms with Crippen LogP contribution < -0.4 is 4.74 Å². The van der Waals surface area contributed by atoms with Crippen molar-refractivity contribution in [3.05, 3.63) is 54.1 Å². The maximum atomic E-state index is 9.02. The molecule has 0 atom stereocenters. The van der Waals surface area contributed by atoms with Gasteiger partial charge in [0.25, 0.3) is 0 Å². The summed E-state index contributed by atoms with van der Waals surface area (Å²) in [5.74, 6) is 0.887. The summed E-state index contributed by atoms with van der Waals surface area (Å²) < 4.78 is 5.22. The van der Waals surface area contributed by atoms with Crippen LogP contribution in [-0.2, 0) is 6.42 Å². The monoisotopic (exact) mass is 399 g/mol. The molecule has 0 saturated carbocycles. The van der Waals surface area contributed by atoms with Crippen molar-refractivity contribution >= 4 is 0 Å². The fourth-order valence-electron chi connectivity index (χ4n) is 3.64. The number of unbranched alkanes of at least 4 members (excludes halogenated alkanes) is 5. The van der Waals surface area contributed by atoms with Gasteiger partial charge in [0.2, 0.25) is 0 Å². The fourth-order valence-corrected chi connectivity index (χ4v) is 3.64. The standard InChI is InChI=1S/C25H37NO3/c1-29-25-15-13-24(14-16-25)23-11-9-22(10-12-23)8-6-4-2-3-5-7-17-26(18-20-27)19-21-28/h9-16,27-28H,2-8,17-21H2,1H3. The first-order chi connectivity index (χ1) is 14.3. The molecule has 2 aromatic carbocycles. The second kappa shape index (κ2) is 14.2. The number of ether oxygens (including phenoxy) is 1. The smallest absolute Gasteiger partial charge is 0.118 e. The van der Waals surface area contributed by atoms with Crippen LogP contribution in [0.3, 0.4) is 0 Å². The van der Waals surface area contributed by atoms with Crippen molar-refractivity contribution < 1.29 is 14.9 Å². The van der Waals surface area contributed by atoms with Crippen molar-refractivity contribution in [2.45, 2.75) is 44.9 Å². The maximum absolute atomic E-state index is 9.02. The Kier molecular flexibility index (Phi) is 11.4. The maximum Gasteiger partial charge on any atom is 0.118 e. The van der Waals surface area contributed by atoms with Crippen LogP contribution in [0.2, 0.25) is 0 Å². The molecule has 160 valence electrons. The van der Waals surface area contributed by atoms with E-state index in [9.17, 15) is 0 Å². The van der Waals surface area contributed by atoms with Gasteiger partial charge in [0.15, 0.2) is 0 Å². The van der Waals surface area contributed by atoms with Gasteiger partial charge >= 0.3 is 0 Å². The van der Waals surface area contributed by atoms with Crippen molar-refractivity contribution in [2.75, 3.05) is 40.0 Å². The quantitative estimate of drug-likeness (QED) is 0.432. The average Bonchev–Trinajstić information content (AvgIpc) is 2.76. The highest BCUT2D eigenvalue weighted by atomic mass is 16.5. The Morgan fingerprint density at radius 3 is 1.72 bits per heavy atom. The molecule has 2 N–H and O–H groups in total. The van der Waals surface area contributed by atoms with Gasteiger partial charge in [0.05, 0.1) is 20.3 Å². The van der Waals surface area contributed by atoms with Crippen molar-refractivity contribution in [3.63, 3.8) is 0 Å². The van der Waals surface area contributed by atoms with E-state index in [-0.39, 0.29) is 13.2 Å². The number of benzene rings is 2. The van der Waals surface area contributed by atoms with Crippen LogP contribution in [0, 0.1) is 0 Å². The first-order valence-corrected chi connectivity index (χ1v) is 10.9. The molecule has 2 rings (SSSR count). The SMILES string of the molecule is COc1ccc(-c2ccc(CCCCCCCCN(CCO)CCO)cc2)cc1. The van der Waals surface area contributed by atoms with Crippen LogP contribution in [0.25, 0.3) is 11.1 Å². The molecule has 0 aromatic heterocycles. The summed E-state index contributed by atoms with van der Waals surface area (Å²) >= 11 is 0. The Morgan fingerprint density at radius 2 is 1.17 bits per heavy atom. The lowest BCUT2D eigenvalue weighted by Gasteiger charge is -2.19. The van der Waals surface area contributed by atoms with Gasteiger partial charge in [-0.15, -0.1) is 0 Å². The van der Waals surface area contributed by atoms with E-state index in [1.165, 1.54) is 48.8 Å². The summed E-state index contributed by atoms with van der Waals surface area (Å²) in [7, 11) is 1.69. The van der Waals surface area contributed by atoms with Gasteiger partial charge in [0.1, 0.15) is 5.75 Å². The van der Waals surface area contributed by atoms with E-state index in [0.29, 0.717) is 13.1 Å². The summed E-state index contributed by atoms with van der Waals surface area (Å²) in [4.78, 5) is 2.13. The molecule has 0 aliphatic rings. The van der Waals surface area contributed by atoms with E-state index >= 15 is 0 Å². The second-order valence-electron chi connectivity index (χ2n) is 7.59. The lowest BCUT2D eigenvalue weighted by molar-refractivity contribution is 0.159. The first kappa shape index (κ1) is 23.4. The molecule has 29 heavy (non-hydrogen) atoms. The Hall–Kier alpha value is -1.88. The third-order valence-electron chi connectivity index (χ3n) is 5.40. The Labute approximate surface area is 176 Å². The lowest BCUT2D eigenvalue weighted by Crippen LogP contribution is -2.30. The van der Waals surface area contributed by atoms with Gasteiger partial charge < -0.3 is 14.9 Å². The molecule has 0 radical (unpaired) electrons. The molecular formula is C25H37NO3. The molecule has 0 saturated heterocycles. The van der Waals surface area contributed by atoms with Crippen LogP contribution in [0.1, 0.15) is 44.1 Å². The molecule has 0 amide bonds. The highest BCUT2D eigenvalue weighted by Crippen LogP contribution is 2.23. The molecule has 0 fully saturated rings. The van der Waals surface area contributed by atoms with Gasteiger partial charge in [-0.2, -0.15) is 0 Å². The molecule has 0 unspecified atom stereocenters. The zero-order valence-electron chi connectivity index (χ0n) is 17.9. The van der Waals surface area contributed by atoms with Crippen molar-refractivity contribution in [1.82, 2.24) is 4.90 Å². The third-order valence-corrected chi connectivity index (χ3v) is 5.40. The van der Waals surface area contributed by atoms with Crippen LogP contribution >= 0.6 is 0 Å². The van der Waals surface area contributed by atoms with Gasteiger partial charge in [-0.25, -0.2) is 0 Å².